The molecule has 2 aromatic rings. The number of aliphatic hydroxyl groups is 1. The number of hydrogen-bond acceptors (Lipinski definition) is 3. The van der Waals surface area contributed by atoms with Gasteiger partial charge in [0.2, 0.25) is 5.91 Å². The van der Waals surface area contributed by atoms with Gasteiger partial charge in [-0.3, -0.25) is 9.48 Å². The number of amides is 1. The molecular weight excluding hydrogens is 347 g/mol. The molecule has 2 N–H and O–H groups in total. The first-order valence-electron chi connectivity index (χ1n) is 8.27. The van der Waals surface area contributed by atoms with E-state index in [9.17, 15) is 23.1 Å². The molecule has 0 saturated carbocycles. The number of carbonyl (C=O) groups excluding carboxylic acids is 1. The maximum absolute atomic E-state index is 12.6. The highest BCUT2D eigenvalue weighted by Gasteiger charge is 2.34. The number of nitrogens with one attached hydrogen (secondary N) is 1. The summed E-state index contributed by atoms with van der Waals surface area (Å²) in [5, 5.41) is 16.1. The van der Waals surface area contributed by atoms with Crippen molar-refractivity contribution in [2.24, 2.45) is 0 Å². The minimum Gasteiger partial charge on any atom is -0.387 e. The van der Waals surface area contributed by atoms with E-state index in [0.29, 0.717) is 11.5 Å². The van der Waals surface area contributed by atoms with E-state index in [1.165, 1.54) is 6.92 Å². The van der Waals surface area contributed by atoms with Crippen LogP contribution < -0.4 is 5.32 Å². The minimum atomic E-state index is -4.56. The molecule has 2 unspecified atom stereocenters. The number of nitrogens with zero attached hydrogens (tertiary/aromatic N) is 2. The van der Waals surface area contributed by atoms with E-state index >= 15 is 0 Å². The summed E-state index contributed by atoms with van der Waals surface area (Å²) in [6.07, 6.45) is -4.36. The molecule has 26 heavy (non-hydrogen) atoms. The van der Waals surface area contributed by atoms with Gasteiger partial charge in [0.1, 0.15) is 6.04 Å². The Bertz CT molecular complexity index is 739. The van der Waals surface area contributed by atoms with Crippen LogP contribution in [0.15, 0.2) is 36.5 Å². The van der Waals surface area contributed by atoms with Crippen LogP contribution in [-0.2, 0) is 11.0 Å². The van der Waals surface area contributed by atoms with Gasteiger partial charge in [-0.2, -0.15) is 18.3 Å². The molecule has 0 bridgehead atoms. The molecule has 5 nitrogen and oxygen atoms in total. The van der Waals surface area contributed by atoms with Gasteiger partial charge in [0.25, 0.3) is 0 Å². The van der Waals surface area contributed by atoms with E-state index in [4.69, 9.17) is 0 Å². The van der Waals surface area contributed by atoms with Crippen LogP contribution >= 0.6 is 0 Å². The average Bonchev–Trinajstić information content (AvgIpc) is 3.09. The summed E-state index contributed by atoms with van der Waals surface area (Å²) in [7, 11) is 0. The summed E-state index contributed by atoms with van der Waals surface area (Å²) in [6.45, 7) is 5.52. The number of alkyl halides is 3. The van der Waals surface area contributed by atoms with Crippen molar-refractivity contribution in [1.82, 2.24) is 15.1 Å². The van der Waals surface area contributed by atoms with Crippen molar-refractivity contribution in [2.75, 3.05) is 6.54 Å². The van der Waals surface area contributed by atoms with E-state index < -0.39 is 29.9 Å². The summed E-state index contributed by atoms with van der Waals surface area (Å²) in [5.41, 5.74) is 0.737. The van der Waals surface area contributed by atoms with Crippen LogP contribution in [0.5, 0.6) is 0 Å². The van der Waals surface area contributed by atoms with E-state index in [1.54, 1.807) is 12.1 Å². The second kappa shape index (κ2) is 7.90. The van der Waals surface area contributed by atoms with Crippen molar-refractivity contribution < 1.29 is 23.1 Å². The van der Waals surface area contributed by atoms with Crippen LogP contribution in [0.25, 0.3) is 0 Å². The topological polar surface area (TPSA) is 67.2 Å². The first kappa shape index (κ1) is 20.0. The van der Waals surface area contributed by atoms with Crippen molar-refractivity contribution in [3.8, 4) is 0 Å². The van der Waals surface area contributed by atoms with Gasteiger partial charge in [-0.15, -0.1) is 0 Å². The van der Waals surface area contributed by atoms with Gasteiger partial charge in [0.05, 0.1) is 6.10 Å². The van der Waals surface area contributed by atoms with Gasteiger partial charge < -0.3 is 10.4 Å². The van der Waals surface area contributed by atoms with E-state index in [1.807, 2.05) is 12.1 Å². The molecule has 0 fully saturated rings. The Morgan fingerprint density at radius 2 is 1.73 bits per heavy atom. The van der Waals surface area contributed by atoms with E-state index in [2.05, 4.69) is 24.3 Å². The predicted octanol–water partition coefficient (Wildman–Crippen LogP) is 3.44. The highest BCUT2D eigenvalue weighted by Crippen LogP contribution is 2.27. The molecule has 0 aliphatic carbocycles. The number of benzene rings is 1. The van der Waals surface area contributed by atoms with Crippen molar-refractivity contribution in [3.05, 3.63) is 53.3 Å². The number of carbonyl (C=O) groups is 1. The Morgan fingerprint density at radius 1 is 1.15 bits per heavy atom. The van der Waals surface area contributed by atoms with Gasteiger partial charge in [-0.05, 0) is 30.0 Å². The van der Waals surface area contributed by atoms with E-state index in [-0.39, 0.29) is 6.54 Å². The third-order valence-corrected chi connectivity index (χ3v) is 4.13. The molecule has 0 aliphatic rings. The molecule has 1 amide bonds. The highest BCUT2D eigenvalue weighted by atomic mass is 19.4. The van der Waals surface area contributed by atoms with Gasteiger partial charge in [-0.1, -0.05) is 38.1 Å². The standard InChI is InChI=1S/C18H22F3N3O2/c1-11(2)13-4-6-14(7-5-13)15(25)10-22-17(26)12(3)24-9-8-16(23-24)18(19,20)21/h4-9,11-12,15,25H,10H2,1-3H3,(H,22,26). The van der Waals surface area contributed by atoms with Crippen LogP contribution in [0.4, 0.5) is 13.2 Å². The smallest absolute Gasteiger partial charge is 0.387 e. The molecule has 1 aromatic carbocycles. The van der Waals surface area contributed by atoms with Crippen LogP contribution in [0, 0.1) is 0 Å². The quantitative estimate of drug-likeness (QED) is 0.820. The number of hydrogen-bond donors (Lipinski definition) is 2. The molecule has 8 heteroatoms. The highest BCUT2D eigenvalue weighted by molar-refractivity contribution is 5.79. The number of rotatable bonds is 6. The third kappa shape index (κ3) is 4.85. The lowest BCUT2D eigenvalue weighted by Gasteiger charge is -2.16. The summed E-state index contributed by atoms with van der Waals surface area (Å²) in [4.78, 5) is 12.1. The maximum atomic E-state index is 12.6. The summed E-state index contributed by atoms with van der Waals surface area (Å²) in [5.74, 6) is -0.155. The second-order valence-corrected chi connectivity index (χ2v) is 6.44. The molecule has 0 aliphatic heterocycles. The van der Waals surface area contributed by atoms with Crippen molar-refractivity contribution in [1.29, 1.82) is 0 Å². The molecule has 0 saturated heterocycles. The lowest BCUT2D eigenvalue weighted by atomic mass is 10.00. The summed E-state index contributed by atoms with van der Waals surface area (Å²) < 4.78 is 38.7. The van der Waals surface area contributed by atoms with E-state index in [0.717, 1.165) is 22.5 Å². The second-order valence-electron chi connectivity index (χ2n) is 6.44. The molecule has 2 rings (SSSR count). The van der Waals surface area contributed by atoms with Crippen LogP contribution in [0.3, 0.4) is 0 Å². The predicted molar refractivity (Wildman–Crippen MR) is 90.4 cm³/mol. The minimum absolute atomic E-state index is 0.0441. The van der Waals surface area contributed by atoms with Gasteiger partial charge in [0.15, 0.2) is 5.69 Å². The SMILES string of the molecule is CC(C)c1ccc(C(O)CNC(=O)C(C)n2ccc(C(F)(F)F)n2)cc1. The maximum Gasteiger partial charge on any atom is 0.435 e. The van der Waals surface area contributed by atoms with Crippen molar-refractivity contribution in [3.63, 3.8) is 0 Å². The van der Waals surface area contributed by atoms with Crippen LogP contribution in [0.1, 0.15) is 55.7 Å². The molecule has 142 valence electrons. The zero-order valence-corrected chi connectivity index (χ0v) is 14.8. The lowest BCUT2D eigenvalue weighted by Crippen LogP contribution is -2.34. The number of halogens is 3. The van der Waals surface area contributed by atoms with Crippen LogP contribution in [-0.4, -0.2) is 27.3 Å². The number of aromatic nitrogens is 2. The molecule has 0 spiro atoms. The Kier molecular flexibility index (Phi) is 6.07. The molecule has 1 heterocycles. The fraction of sp³-hybridized carbons (Fsp3) is 0.444. The average molecular weight is 369 g/mol. The molecular formula is C18H22F3N3O2. The largest absolute Gasteiger partial charge is 0.435 e. The van der Waals surface area contributed by atoms with Crippen molar-refractivity contribution in [2.45, 2.75) is 45.0 Å². The first-order chi connectivity index (χ1) is 12.1. The van der Waals surface area contributed by atoms with Gasteiger partial charge >= 0.3 is 6.18 Å². The summed E-state index contributed by atoms with van der Waals surface area (Å²) >= 11 is 0. The Morgan fingerprint density at radius 3 is 2.23 bits per heavy atom. The Balaban J connectivity index is 1.93. The van der Waals surface area contributed by atoms with Gasteiger partial charge in [0, 0.05) is 12.7 Å². The monoisotopic (exact) mass is 369 g/mol. The zero-order chi connectivity index (χ0) is 19.5. The van der Waals surface area contributed by atoms with Gasteiger partial charge in [-0.25, -0.2) is 0 Å². The molecule has 1 aromatic heterocycles. The Hall–Kier alpha value is -2.35. The fourth-order valence-electron chi connectivity index (χ4n) is 2.39. The lowest BCUT2D eigenvalue weighted by molar-refractivity contribution is -0.142. The third-order valence-electron chi connectivity index (χ3n) is 4.13. The van der Waals surface area contributed by atoms with Crippen molar-refractivity contribution >= 4 is 5.91 Å². The fourth-order valence-corrected chi connectivity index (χ4v) is 2.39. The Labute approximate surface area is 149 Å². The zero-order valence-electron chi connectivity index (χ0n) is 14.8. The molecule has 2 atom stereocenters. The first-order valence-corrected chi connectivity index (χ1v) is 8.27. The number of aliphatic hydroxyl groups excluding tert-OH is 1. The molecule has 0 radical (unpaired) electrons. The van der Waals surface area contributed by atoms with Crippen LogP contribution in [0.2, 0.25) is 0 Å². The summed E-state index contributed by atoms with van der Waals surface area (Å²) in [6, 6.07) is 7.29. The normalized spacial score (nSPS) is 14.3.